The summed E-state index contributed by atoms with van der Waals surface area (Å²) in [7, 11) is 1.69. The first kappa shape index (κ1) is 12.1. The second kappa shape index (κ2) is 4.46. The normalized spacial score (nSPS) is 19.2. The topological polar surface area (TPSA) is 9.23 Å². The van der Waals surface area contributed by atoms with Crippen LogP contribution in [0.15, 0.2) is 18.2 Å². The first-order chi connectivity index (χ1) is 7.57. The van der Waals surface area contributed by atoms with Gasteiger partial charge < -0.3 is 4.74 Å². The molecule has 0 amide bonds. The van der Waals surface area contributed by atoms with Crippen LogP contribution in [0.4, 0.5) is 0 Å². The molecule has 1 nitrogen and oxygen atoms in total. The lowest BCUT2D eigenvalue weighted by Gasteiger charge is -2.19. The first-order valence-electron chi connectivity index (χ1n) is 5.54. The van der Waals surface area contributed by atoms with Gasteiger partial charge >= 0.3 is 0 Å². The Morgan fingerprint density at radius 1 is 1.44 bits per heavy atom. The van der Waals surface area contributed by atoms with E-state index in [9.17, 15) is 0 Å². The number of alkyl halides is 1. The molecule has 1 aliphatic rings. The minimum Gasteiger partial charge on any atom is -0.496 e. The Morgan fingerprint density at radius 3 is 2.62 bits per heavy atom. The van der Waals surface area contributed by atoms with Crippen molar-refractivity contribution in [2.45, 2.75) is 31.6 Å². The summed E-state index contributed by atoms with van der Waals surface area (Å²) in [6, 6.07) is 5.76. The van der Waals surface area contributed by atoms with Gasteiger partial charge in [0.15, 0.2) is 0 Å². The molecular formula is C13H16Cl2O. The van der Waals surface area contributed by atoms with Crippen molar-refractivity contribution < 1.29 is 4.74 Å². The van der Waals surface area contributed by atoms with Crippen LogP contribution in [-0.2, 0) is 6.42 Å². The van der Waals surface area contributed by atoms with Gasteiger partial charge in [-0.3, -0.25) is 0 Å². The molecule has 0 N–H and O–H groups in total. The van der Waals surface area contributed by atoms with E-state index >= 15 is 0 Å². The molecule has 16 heavy (non-hydrogen) atoms. The van der Waals surface area contributed by atoms with Crippen molar-refractivity contribution in [1.29, 1.82) is 0 Å². The van der Waals surface area contributed by atoms with Gasteiger partial charge in [0, 0.05) is 10.4 Å². The summed E-state index contributed by atoms with van der Waals surface area (Å²) in [5.41, 5.74) is 1.43. The minimum atomic E-state index is 0.205. The third-order valence-electron chi connectivity index (χ3n) is 3.52. The maximum absolute atomic E-state index is 6.24. The van der Waals surface area contributed by atoms with E-state index in [1.54, 1.807) is 7.11 Å². The fourth-order valence-electron chi connectivity index (χ4n) is 2.14. The molecule has 2 rings (SSSR count). The second-order valence-corrected chi connectivity index (χ2v) is 5.70. The third-order valence-corrected chi connectivity index (χ3v) is 4.22. The van der Waals surface area contributed by atoms with Gasteiger partial charge in [-0.1, -0.05) is 11.6 Å². The summed E-state index contributed by atoms with van der Waals surface area (Å²) >= 11 is 12.3. The van der Waals surface area contributed by atoms with Gasteiger partial charge in [-0.15, -0.1) is 11.6 Å². The average molecular weight is 259 g/mol. The Balaban J connectivity index is 2.23. The molecule has 0 spiro atoms. The zero-order valence-electron chi connectivity index (χ0n) is 9.59. The zero-order chi connectivity index (χ0) is 11.8. The summed E-state index contributed by atoms with van der Waals surface area (Å²) in [5, 5.41) is 0.963. The Kier molecular flexibility index (Phi) is 3.37. The predicted octanol–water partition coefficient (Wildman–Crippen LogP) is 4.30. The quantitative estimate of drug-likeness (QED) is 0.732. The summed E-state index contributed by atoms with van der Waals surface area (Å²) in [5.74, 6) is 0.910. The zero-order valence-corrected chi connectivity index (χ0v) is 11.1. The van der Waals surface area contributed by atoms with E-state index in [1.165, 1.54) is 18.4 Å². The number of hydrogen-bond donors (Lipinski definition) is 0. The number of benzene rings is 1. The van der Waals surface area contributed by atoms with Crippen molar-refractivity contribution in [2.75, 3.05) is 7.11 Å². The van der Waals surface area contributed by atoms with E-state index in [1.807, 2.05) is 18.2 Å². The highest BCUT2D eigenvalue weighted by molar-refractivity contribution is 6.30. The third kappa shape index (κ3) is 2.31. The highest BCUT2D eigenvalue weighted by Crippen LogP contribution is 2.54. The molecule has 1 saturated carbocycles. The standard InChI is InChI=1S/C13H16Cl2O/c1-9(14)13(5-6-13)8-10-7-11(15)3-4-12(10)16-2/h3-4,7,9H,5-6,8H2,1-2H3. The van der Waals surface area contributed by atoms with Crippen molar-refractivity contribution in [3.05, 3.63) is 28.8 Å². The van der Waals surface area contributed by atoms with Crippen LogP contribution in [0.1, 0.15) is 25.3 Å². The Bertz CT molecular complexity index is 384. The Hall–Kier alpha value is -0.400. The molecule has 0 saturated heterocycles. The Labute approximate surface area is 107 Å². The van der Waals surface area contributed by atoms with Crippen LogP contribution < -0.4 is 4.74 Å². The molecule has 1 fully saturated rings. The number of methoxy groups -OCH3 is 1. The summed E-state index contributed by atoms with van der Waals surface area (Å²) in [6.45, 7) is 2.07. The van der Waals surface area contributed by atoms with Crippen LogP contribution >= 0.6 is 23.2 Å². The van der Waals surface area contributed by atoms with Crippen molar-refractivity contribution in [1.82, 2.24) is 0 Å². The smallest absolute Gasteiger partial charge is 0.122 e. The molecule has 0 bridgehead atoms. The fraction of sp³-hybridized carbons (Fsp3) is 0.538. The number of hydrogen-bond acceptors (Lipinski definition) is 1. The van der Waals surface area contributed by atoms with E-state index in [4.69, 9.17) is 27.9 Å². The van der Waals surface area contributed by atoms with Crippen LogP contribution in [0.5, 0.6) is 5.75 Å². The highest BCUT2D eigenvalue weighted by Gasteiger charge is 2.46. The summed E-state index contributed by atoms with van der Waals surface area (Å²) in [6.07, 6.45) is 3.36. The number of rotatable bonds is 4. The second-order valence-electron chi connectivity index (χ2n) is 4.61. The van der Waals surface area contributed by atoms with E-state index in [2.05, 4.69) is 6.92 Å². The van der Waals surface area contributed by atoms with Gasteiger partial charge in [0.25, 0.3) is 0 Å². The molecule has 3 heteroatoms. The lowest BCUT2D eigenvalue weighted by atomic mass is 9.93. The molecule has 1 aromatic carbocycles. The van der Waals surface area contributed by atoms with Crippen LogP contribution in [0.25, 0.3) is 0 Å². The van der Waals surface area contributed by atoms with Crippen molar-refractivity contribution in [2.24, 2.45) is 5.41 Å². The number of ether oxygens (including phenoxy) is 1. The molecule has 0 aromatic heterocycles. The van der Waals surface area contributed by atoms with Gasteiger partial charge in [-0.2, -0.15) is 0 Å². The minimum absolute atomic E-state index is 0.205. The van der Waals surface area contributed by atoms with Crippen LogP contribution in [0.2, 0.25) is 5.02 Å². The maximum atomic E-state index is 6.24. The van der Waals surface area contributed by atoms with Crippen LogP contribution in [-0.4, -0.2) is 12.5 Å². The lowest BCUT2D eigenvalue weighted by Crippen LogP contribution is -2.16. The van der Waals surface area contributed by atoms with Crippen molar-refractivity contribution in [3.63, 3.8) is 0 Å². The monoisotopic (exact) mass is 258 g/mol. The van der Waals surface area contributed by atoms with Gasteiger partial charge in [0.1, 0.15) is 5.75 Å². The SMILES string of the molecule is COc1ccc(Cl)cc1CC1(C(C)Cl)CC1. The van der Waals surface area contributed by atoms with E-state index in [0.29, 0.717) is 0 Å². The van der Waals surface area contributed by atoms with E-state index in [0.717, 1.165) is 17.2 Å². The van der Waals surface area contributed by atoms with Gasteiger partial charge in [0.2, 0.25) is 0 Å². The molecule has 88 valence electrons. The molecule has 0 aliphatic heterocycles. The lowest BCUT2D eigenvalue weighted by molar-refractivity contribution is 0.400. The molecule has 1 unspecified atom stereocenters. The van der Waals surface area contributed by atoms with Crippen LogP contribution in [0, 0.1) is 5.41 Å². The van der Waals surface area contributed by atoms with Crippen LogP contribution in [0.3, 0.4) is 0 Å². The van der Waals surface area contributed by atoms with Gasteiger partial charge in [-0.05, 0) is 55.4 Å². The average Bonchev–Trinajstić information content (AvgIpc) is 2.99. The van der Waals surface area contributed by atoms with E-state index < -0.39 is 0 Å². The van der Waals surface area contributed by atoms with Gasteiger partial charge in [0.05, 0.1) is 7.11 Å². The van der Waals surface area contributed by atoms with E-state index in [-0.39, 0.29) is 10.8 Å². The molecule has 1 aromatic rings. The Morgan fingerprint density at radius 2 is 2.12 bits per heavy atom. The molecule has 1 atom stereocenters. The van der Waals surface area contributed by atoms with Gasteiger partial charge in [-0.25, -0.2) is 0 Å². The largest absolute Gasteiger partial charge is 0.496 e. The highest BCUT2D eigenvalue weighted by atomic mass is 35.5. The summed E-state index contributed by atoms with van der Waals surface area (Å²) < 4.78 is 5.35. The molecule has 1 aliphatic carbocycles. The van der Waals surface area contributed by atoms with Crippen molar-refractivity contribution >= 4 is 23.2 Å². The number of halogens is 2. The molecule has 0 radical (unpaired) electrons. The fourth-order valence-corrected chi connectivity index (χ4v) is 2.63. The maximum Gasteiger partial charge on any atom is 0.122 e. The molecular weight excluding hydrogens is 243 g/mol. The predicted molar refractivity (Wildman–Crippen MR) is 68.7 cm³/mol. The first-order valence-corrected chi connectivity index (χ1v) is 6.35. The van der Waals surface area contributed by atoms with Crippen molar-refractivity contribution in [3.8, 4) is 5.75 Å². The molecule has 0 heterocycles. The summed E-state index contributed by atoms with van der Waals surface area (Å²) in [4.78, 5) is 0.